The third-order valence-electron chi connectivity index (χ3n) is 3.47. The highest BCUT2D eigenvalue weighted by Gasteiger charge is 2.17. The first-order valence-electron chi connectivity index (χ1n) is 6.27. The van der Waals surface area contributed by atoms with Crippen LogP contribution < -0.4 is 4.90 Å². The molecule has 2 rings (SSSR count). The Morgan fingerprint density at radius 1 is 1.24 bits per heavy atom. The fourth-order valence-electron chi connectivity index (χ4n) is 2.36. The number of hydrogen-bond donors (Lipinski definition) is 0. The number of aldehydes is 1. The van der Waals surface area contributed by atoms with Gasteiger partial charge in [-0.2, -0.15) is 0 Å². The van der Waals surface area contributed by atoms with Crippen molar-refractivity contribution >= 4 is 12.0 Å². The van der Waals surface area contributed by atoms with E-state index in [4.69, 9.17) is 0 Å². The molecule has 0 aliphatic carbocycles. The SMILES string of the molecule is CCN1CCN(c2ccc(C)cc2C=O)CC1. The maximum Gasteiger partial charge on any atom is 0.152 e. The van der Waals surface area contributed by atoms with Gasteiger partial charge in [0.15, 0.2) is 6.29 Å². The molecule has 0 unspecified atom stereocenters. The summed E-state index contributed by atoms with van der Waals surface area (Å²) in [4.78, 5) is 15.9. The molecule has 1 aromatic rings. The van der Waals surface area contributed by atoms with E-state index in [1.54, 1.807) is 0 Å². The van der Waals surface area contributed by atoms with E-state index in [1.165, 1.54) is 0 Å². The van der Waals surface area contributed by atoms with E-state index in [-0.39, 0.29) is 0 Å². The molecule has 0 atom stereocenters. The van der Waals surface area contributed by atoms with Crippen LogP contribution in [-0.2, 0) is 0 Å². The quantitative estimate of drug-likeness (QED) is 0.744. The molecule has 92 valence electrons. The predicted molar refractivity (Wildman–Crippen MR) is 70.9 cm³/mol. The first-order chi connectivity index (χ1) is 8.24. The van der Waals surface area contributed by atoms with E-state index in [2.05, 4.69) is 28.9 Å². The zero-order chi connectivity index (χ0) is 12.3. The van der Waals surface area contributed by atoms with Crippen molar-refractivity contribution < 1.29 is 4.79 Å². The fraction of sp³-hybridized carbons (Fsp3) is 0.500. The van der Waals surface area contributed by atoms with Crippen LogP contribution in [0.1, 0.15) is 22.8 Å². The second-order valence-electron chi connectivity index (χ2n) is 4.60. The molecule has 3 heteroatoms. The Labute approximate surface area is 103 Å². The van der Waals surface area contributed by atoms with Crippen LogP contribution in [-0.4, -0.2) is 43.9 Å². The summed E-state index contributed by atoms with van der Waals surface area (Å²) >= 11 is 0. The van der Waals surface area contributed by atoms with Gasteiger partial charge in [0.25, 0.3) is 0 Å². The van der Waals surface area contributed by atoms with E-state index in [0.717, 1.165) is 55.8 Å². The number of likely N-dealkylation sites (N-methyl/N-ethyl adjacent to an activating group) is 1. The van der Waals surface area contributed by atoms with Crippen molar-refractivity contribution in [3.63, 3.8) is 0 Å². The van der Waals surface area contributed by atoms with Crippen LogP contribution in [0.4, 0.5) is 5.69 Å². The van der Waals surface area contributed by atoms with Crippen LogP contribution >= 0.6 is 0 Å². The molecule has 1 heterocycles. The summed E-state index contributed by atoms with van der Waals surface area (Å²) in [5.41, 5.74) is 3.04. The van der Waals surface area contributed by atoms with Crippen LogP contribution in [0.3, 0.4) is 0 Å². The third kappa shape index (κ3) is 2.67. The molecule has 0 aromatic heterocycles. The number of nitrogens with zero attached hydrogens (tertiary/aromatic N) is 2. The largest absolute Gasteiger partial charge is 0.368 e. The lowest BCUT2D eigenvalue weighted by molar-refractivity contribution is 0.112. The van der Waals surface area contributed by atoms with Gasteiger partial charge in [-0.25, -0.2) is 0 Å². The maximum atomic E-state index is 11.1. The average Bonchev–Trinajstić information content (AvgIpc) is 2.39. The Balaban J connectivity index is 2.15. The second-order valence-corrected chi connectivity index (χ2v) is 4.60. The second kappa shape index (κ2) is 5.32. The number of aryl methyl sites for hydroxylation is 1. The molecule has 1 aliphatic heterocycles. The highest BCUT2D eigenvalue weighted by Crippen LogP contribution is 2.21. The van der Waals surface area contributed by atoms with Crippen molar-refractivity contribution in [1.82, 2.24) is 4.90 Å². The highest BCUT2D eigenvalue weighted by atomic mass is 16.1. The number of rotatable bonds is 3. The Bertz CT molecular complexity index is 395. The maximum absolute atomic E-state index is 11.1. The fourth-order valence-corrected chi connectivity index (χ4v) is 2.36. The van der Waals surface area contributed by atoms with Gasteiger partial charge in [-0.05, 0) is 25.6 Å². The first-order valence-corrected chi connectivity index (χ1v) is 6.27. The molecule has 0 N–H and O–H groups in total. The summed E-state index contributed by atoms with van der Waals surface area (Å²) in [6.07, 6.45) is 0.967. The Hall–Kier alpha value is -1.35. The van der Waals surface area contributed by atoms with Crippen molar-refractivity contribution in [3.05, 3.63) is 29.3 Å². The van der Waals surface area contributed by atoms with Crippen molar-refractivity contribution in [3.8, 4) is 0 Å². The van der Waals surface area contributed by atoms with Gasteiger partial charge < -0.3 is 9.80 Å². The van der Waals surface area contributed by atoms with Crippen LogP contribution in [0.2, 0.25) is 0 Å². The molecule has 3 nitrogen and oxygen atoms in total. The van der Waals surface area contributed by atoms with Gasteiger partial charge in [-0.15, -0.1) is 0 Å². The van der Waals surface area contributed by atoms with Crippen LogP contribution in [0.25, 0.3) is 0 Å². The smallest absolute Gasteiger partial charge is 0.152 e. The zero-order valence-electron chi connectivity index (χ0n) is 10.6. The van der Waals surface area contributed by atoms with E-state index < -0.39 is 0 Å². The molecular weight excluding hydrogens is 212 g/mol. The van der Waals surface area contributed by atoms with Gasteiger partial charge in [0, 0.05) is 37.4 Å². The molecule has 0 bridgehead atoms. The monoisotopic (exact) mass is 232 g/mol. The molecular formula is C14H20N2O. The number of piperazine rings is 1. The standard InChI is InChI=1S/C14H20N2O/c1-3-15-6-8-16(9-7-15)14-5-4-12(2)10-13(14)11-17/h4-5,10-11H,3,6-9H2,1-2H3. The van der Waals surface area contributed by atoms with Crippen LogP contribution in [0.5, 0.6) is 0 Å². The lowest BCUT2D eigenvalue weighted by Gasteiger charge is -2.36. The Kier molecular flexibility index (Phi) is 3.79. The molecule has 1 aliphatic rings. The predicted octanol–water partition coefficient (Wildman–Crippen LogP) is 1.95. The van der Waals surface area contributed by atoms with Gasteiger partial charge in [0.2, 0.25) is 0 Å². The minimum atomic E-state index is 0.815. The summed E-state index contributed by atoms with van der Waals surface area (Å²) in [5, 5.41) is 0. The number of benzene rings is 1. The summed E-state index contributed by atoms with van der Waals surface area (Å²) in [5.74, 6) is 0. The van der Waals surface area contributed by atoms with Crippen molar-refractivity contribution in [2.75, 3.05) is 37.6 Å². The Morgan fingerprint density at radius 2 is 1.94 bits per heavy atom. The number of hydrogen-bond acceptors (Lipinski definition) is 3. The van der Waals surface area contributed by atoms with Crippen molar-refractivity contribution in [2.45, 2.75) is 13.8 Å². The van der Waals surface area contributed by atoms with E-state index in [1.807, 2.05) is 13.0 Å². The molecule has 0 saturated carbocycles. The van der Waals surface area contributed by atoms with Crippen LogP contribution in [0, 0.1) is 6.92 Å². The molecule has 0 amide bonds. The number of anilines is 1. The zero-order valence-corrected chi connectivity index (χ0v) is 10.6. The van der Waals surface area contributed by atoms with Crippen molar-refractivity contribution in [2.24, 2.45) is 0 Å². The highest BCUT2D eigenvalue weighted by molar-refractivity contribution is 5.85. The van der Waals surface area contributed by atoms with E-state index in [0.29, 0.717) is 0 Å². The van der Waals surface area contributed by atoms with Gasteiger partial charge >= 0.3 is 0 Å². The molecule has 17 heavy (non-hydrogen) atoms. The van der Waals surface area contributed by atoms with Crippen molar-refractivity contribution in [1.29, 1.82) is 0 Å². The summed E-state index contributed by atoms with van der Waals surface area (Å²) < 4.78 is 0. The molecule has 1 aromatic carbocycles. The van der Waals surface area contributed by atoms with Crippen LogP contribution in [0.15, 0.2) is 18.2 Å². The number of carbonyl (C=O) groups excluding carboxylic acids is 1. The molecule has 0 spiro atoms. The minimum Gasteiger partial charge on any atom is -0.368 e. The third-order valence-corrected chi connectivity index (χ3v) is 3.47. The van der Waals surface area contributed by atoms with Gasteiger partial charge in [-0.1, -0.05) is 18.6 Å². The summed E-state index contributed by atoms with van der Waals surface area (Å²) in [6, 6.07) is 6.11. The normalized spacial score (nSPS) is 17.2. The molecule has 0 radical (unpaired) electrons. The lowest BCUT2D eigenvalue weighted by Crippen LogP contribution is -2.46. The Morgan fingerprint density at radius 3 is 2.53 bits per heavy atom. The molecule has 1 fully saturated rings. The van der Waals surface area contributed by atoms with E-state index in [9.17, 15) is 4.79 Å². The van der Waals surface area contributed by atoms with Gasteiger partial charge in [-0.3, -0.25) is 4.79 Å². The topological polar surface area (TPSA) is 23.6 Å². The number of carbonyl (C=O) groups is 1. The van der Waals surface area contributed by atoms with E-state index >= 15 is 0 Å². The molecule has 1 saturated heterocycles. The summed E-state index contributed by atoms with van der Waals surface area (Å²) in [7, 11) is 0. The first kappa shape index (κ1) is 12.1. The van der Waals surface area contributed by atoms with Gasteiger partial charge in [0.05, 0.1) is 0 Å². The van der Waals surface area contributed by atoms with Gasteiger partial charge in [0.1, 0.15) is 0 Å². The lowest BCUT2D eigenvalue weighted by atomic mass is 10.1. The summed E-state index contributed by atoms with van der Waals surface area (Å²) in [6.45, 7) is 9.52. The average molecular weight is 232 g/mol. The minimum absolute atomic E-state index is 0.815.